The molecule has 0 saturated heterocycles. The second kappa shape index (κ2) is 10.8. The van der Waals surface area contributed by atoms with Crippen molar-refractivity contribution in [2.45, 2.75) is 5.92 Å². The first kappa shape index (κ1) is 27.6. The zero-order valence-electron chi connectivity index (χ0n) is 24.1. The number of nitriles is 6. The van der Waals surface area contributed by atoms with Gasteiger partial charge in [0.05, 0.1) is 35.4 Å². The fourth-order valence-electron chi connectivity index (χ4n) is 6.74. The summed E-state index contributed by atoms with van der Waals surface area (Å²) < 4.78 is 0. The zero-order chi connectivity index (χ0) is 31.9. The first-order valence-corrected chi connectivity index (χ1v) is 14.4. The van der Waals surface area contributed by atoms with E-state index in [9.17, 15) is 31.6 Å². The van der Waals surface area contributed by atoms with Crippen molar-refractivity contribution in [2.75, 3.05) is 0 Å². The van der Waals surface area contributed by atoms with Crippen LogP contribution < -0.4 is 0 Å². The van der Waals surface area contributed by atoms with Crippen molar-refractivity contribution in [3.63, 3.8) is 0 Å². The second-order valence-corrected chi connectivity index (χ2v) is 11.1. The summed E-state index contributed by atoms with van der Waals surface area (Å²) in [5.41, 5.74) is 11.5. The first-order valence-electron chi connectivity index (χ1n) is 14.4. The smallest absolute Gasteiger partial charge is 0.144 e. The lowest BCUT2D eigenvalue weighted by Gasteiger charge is -2.16. The van der Waals surface area contributed by atoms with E-state index in [1.807, 2.05) is 78.9 Å². The number of nitrogens with zero attached hydrogens (tertiary/aromatic N) is 6. The highest BCUT2D eigenvalue weighted by molar-refractivity contribution is 6.07. The zero-order valence-corrected chi connectivity index (χ0v) is 24.1. The fourth-order valence-corrected chi connectivity index (χ4v) is 6.74. The van der Waals surface area contributed by atoms with Crippen LogP contribution in [0.4, 0.5) is 0 Å². The molecule has 208 valence electrons. The Bertz CT molecular complexity index is 2430. The number of hydrogen-bond donors (Lipinski definition) is 0. The molecule has 0 fully saturated rings. The average molecular weight is 583 g/mol. The normalized spacial score (nSPS) is 13.0. The van der Waals surface area contributed by atoms with Crippen LogP contribution in [0.1, 0.15) is 39.3 Å². The lowest BCUT2D eigenvalue weighted by Crippen LogP contribution is -2.08. The van der Waals surface area contributed by atoms with Gasteiger partial charge >= 0.3 is 0 Å². The summed E-state index contributed by atoms with van der Waals surface area (Å²) >= 11 is 0. The summed E-state index contributed by atoms with van der Waals surface area (Å²) in [5.74, 6) is -1.49. The third-order valence-electron chi connectivity index (χ3n) is 8.79. The van der Waals surface area contributed by atoms with E-state index < -0.39 is 11.8 Å². The van der Waals surface area contributed by atoms with Crippen molar-refractivity contribution in [2.24, 2.45) is 5.92 Å². The van der Waals surface area contributed by atoms with Crippen molar-refractivity contribution >= 4 is 5.57 Å². The molecule has 0 spiro atoms. The van der Waals surface area contributed by atoms with Gasteiger partial charge in [-0.25, -0.2) is 0 Å². The number of fused-ring (bicyclic) bond motifs is 6. The first-order chi connectivity index (χ1) is 22.5. The van der Waals surface area contributed by atoms with Crippen molar-refractivity contribution in [1.29, 1.82) is 31.6 Å². The largest absolute Gasteiger partial charge is 0.197 e. The molecule has 0 N–H and O–H groups in total. The topological polar surface area (TPSA) is 143 Å². The maximum atomic E-state index is 10.1. The van der Waals surface area contributed by atoms with Crippen LogP contribution in [0.5, 0.6) is 0 Å². The minimum Gasteiger partial charge on any atom is -0.197 e. The standard InChI is InChI=1S/C40H18N6/c41-17-23-3-1-5-25(11-23)27-7-9-31-33-15-38-34(16-37(33)39(35(31)13-27)29(19-43)20-44)32-10-8-28(26-6-2-4-24(12-26)18-42)14-36(32)40(38)30(21-45)22-46/h1-16,29,39H. The van der Waals surface area contributed by atoms with Gasteiger partial charge in [0.1, 0.15) is 23.6 Å². The Morgan fingerprint density at radius 1 is 0.478 bits per heavy atom. The van der Waals surface area contributed by atoms with Crippen molar-refractivity contribution in [3.05, 3.63) is 136 Å². The molecule has 5 aromatic rings. The van der Waals surface area contributed by atoms with Crippen LogP contribution >= 0.6 is 0 Å². The van der Waals surface area contributed by atoms with Gasteiger partial charge < -0.3 is 0 Å². The molecular formula is C40H18N6. The van der Waals surface area contributed by atoms with Gasteiger partial charge in [0, 0.05) is 11.5 Å². The van der Waals surface area contributed by atoms with Crippen LogP contribution in [0.15, 0.2) is 103 Å². The Morgan fingerprint density at radius 2 is 1.02 bits per heavy atom. The summed E-state index contributed by atoms with van der Waals surface area (Å²) in [6.07, 6.45) is 0. The maximum absolute atomic E-state index is 10.1. The lowest BCUT2D eigenvalue weighted by molar-refractivity contribution is 0.726. The number of benzene rings is 5. The maximum Gasteiger partial charge on any atom is 0.144 e. The Kier molecular flexibility index (Phi) is 6.48. The SMILES string of the molecule is N#CC(C#N)=C1c2cc(-c3cccc(C#N)c3)ccc2-c2cc3c(cc21)-c1ccc(-c2cccc(C#N)c2)cc1C3C(C#N)C#N. The van der Waals surface area contributed by atoms with E-state index in [1.54, 1.807) is 18.2 Å². The summed E-state index contributed by atoms with van der Waals surface area (Å²) in [6.45, 7) is 0. The minimum atomic E-state index is -0.960. The molecule has 2 aliphatic rings. The van der Waals surface area contributed by atoms with E-state index in [1.165, 1.54) is 0 Å². The highest BCUT2D eigenvalue weighted by Gasteiger charge is 2.38. The number of allylic oxidation sites excluding steroid dienone is 1. The molecule has 0 amide bonds. The molecule has 1 atom stereocenters. The van der Waals surface area contributed by atoms with Gasteiger partial charge in [0.25, 0.3) is 0 Å². The summed E-state index contributed by atoms with van der Waals surface area (Å²) in [4.78, 5) is 0. The van der Waals surface area contributed by atoms with E-state index in [0.717, 1.165) is 66.8 Å². The van der Waals surface area contributed by atoms with Gasteiger partial charge in [-0.3, -0.25) is 0 Å². The fraction of sp³-hybridized carbons (Fsp3) is 0.0500. The third kappa shape index (κ3) is 4.13. The lowest BCUT2D eigenvalue weighted by atomic mass is 9.84. The molecule has 5 aromatic carbocycles. The molecular weight excluding hydrogens is 564 g/mol. The Balaban J connectivity index is 1.45. The molecule has 46 heavy (non-hydrogen) atoms. The molecule has 0 radical (unpaired) electrons. The number of hydrogen-bond acceptors (Lipinski definition) is 6. The monoisotopic (exact) mass is 582 g/mol. The molecule has 1 unspecified atom stereocenters. The van der Waals surface area contributed by atoms with E-state index in [2.05, 4.69) is 36.4 Å². The molecule has 6 nitrogen and oxygen atoms in total. The van der Waals surface area contributed by atoms with Crippen molar-refractivity contribution < 1.29 is 0 Å². The van der Waals surface area contributed by atoms with Gasteiger partial charge in [0.2, 0.25) is 0 Å². The summed E-state index contributed by atoms with van der Waals surface area (Å²) in [5, 5.41) is 59.1. The van der Waals surface area contributed by atoms with E-state index in [4.69, 9.17) is 0 Å². The van der Waals surface area contributed by atoms with Crippen LogP contribution in [-0.2, 0) is 0 Å². The molecule has 0 bridgehead atoms. The predicted molar refractivity (Wildman–Crippen MR) is 171 cm³/mol. The summed E-state index contributed by atoms with van der Waals surface area (Å²) in [6, 6.07) is 43.2. The molecule has 0 aliphatic heterocycles. The van der Waals surface area contributed by atoms with Crippen LogP contribution in [0.2, 0.25) is 0 Å². The third-order valence-corrected chi connectivity index (χ3v) is 8.79. The van der Waals surface area contributed by atoms with Gasteiger partial charge in [-0.15, -0.1) is 0 Å². The Morgan fingerprint density at radius 3 is 1.61 bits per heavy atom. The molecule has 7 rings (SSSR count). The van der Waals surface area contributed by atoms with E-state index in [0.29, 0.717) is 16.7 Å². The number of rotatable bonds is 3. The molecule has 0 aromatic heterocycles. The van der Waals surface area contributed by atoms with Gasteiger partial charge in [-0.2, -0.15) is 31.6 Å². The van der Waals surface area contributed by atoms with Gasteiger partial charge in [0.15, 0.2) is 0 Å². The Labute approximate surface area is 265 Å². The highest BCUT2D eigenvalue weighted by Crippen LogP contribution is 2.55. The summed E-state index contributed by atoms with van der Waals surface area (Å²) in [7, 11) is 0. The average Bonchev–Trinajstić information content (AvgIpc) is 3.60. The quantitative estimate of drug-likeness (QED) is 0.192. The van der Waals surface area contributed by atoms with Crippen LogP contribution in [-0.4, -0.2) is 0 Å². The van der Waals surface area contributed by atoms with Crippen LogP contribution in [0.3, 0.4) is 0 Å². The molecule has 0 saturated carbocycles. The minimum absolute atomic E-state index is 0.0164. The second-order valence-electron chi connectivity index (χ2n) is 11.1. The van der Waals surface area contributed by atoms with E-state index in [-0.39, 0.29) is 5.57 Å². The molecule has 0 heterocycles. The Hall–Kier alpha value is -7.22. The molecule has 6 heteroatoms. The van der Waals surface area contributed by atoms with Crippen LogP contribution in [0, 0.1) is 73.9 Å². The van der Waals surface area contributed by atoms with Gasteiger partial charge in [-0.1, -0.05) is 48.5 Å². The predicted octanol–water partition coefficient (Wildman–Crippen LogP) is 8.37. The van der Waals surface area contributed by atoms with Crippen molar-refractivity contribution in [3.8, 4) is 80.9 Å². The molecule has 2 aliphatic carbocycles. The van der Waals surface area contributed by atoms with Gasteiger partial charge in [-0.05, 0) is 115 Å². The van der Waals surface area contributed by atoms with E-state index >= 15 is 0 Å². The van der Waals surface area contributed by atoms with Crippen LogP contribution in [0.25, 0.3) is 50.1 Å². The highest BCUT2D eigenvalue weighted by atomic mass is 14.4. The van der Waals surface area contributed by atoms with Crippen molar-refractivity contribution in [1.82, 2.24) is 0 Å².